The minimum Gasteiger partial charge on any atom is -0.339 e. The van der Waals surface area contributed by atoms with Gasteiger partial charge in [-0.15, -0.1) is 0 Å². The number of aryl methyl sites for hydroxylation is 1. The smallest absolute Gasteiger partial charge is 0.339 e. The number of carbonyl (C=O) groups is 1. The molecule has 9 heteroatoms. The van der Waals surface area contributed by atoms with Crippen LogP contribution >= 0.6 is 11.6 Å². The summed E-state index contributed by atoms with van der Waals surface area (Å²) in [6, 6.07) is 9.82. The molecule has 0 atom stereocenters. The summed E-state index contributed by atoms with van der Waals surface area (Å²) < 4.78 is 43.5. The van der Waals surface area contributed by atoms with Crippen LogP contribution in [0.3, 0.4) is 0 Å². The van der Waals surface area contributed by atoms with Gasteiger partial charge < -0.3 is 9.84 Å². The van der Waals surface area contributed by atoms with E-state index < -0.39 is 11.7 Å². The molecule has 3 aromatic rings. The van der Waals surface area contributed by atoms with Gasteiger partial charge in [0.25, 0.3) is 0 Å². The number of hydrogen-bond donors (Lipinski definition) is 1. The Hall–Kier alpha value is -2.87. The number of rotatable bonds is 5. The van der Waals surface area contributed by atoms with Gasteiger partial charge in [0.15, 0.2) is 0 Å². The normalized spacial score (nSPS) is 11.5. The first-order chi connectivity index (χ1) is 13.2. The van der Waals surface area contributed by atoms with Gasteiger partial charge in [-0.2, -0.15) is 18.2 Å². The Morgan fingerprint density at radius 3 is 2.71 bits per heavy atom. The number of halogens is 4. The zero-order valence-corrected chi connectivity index (χ0v) is 15.4. The summed E-state index contributed by atoms with van der Waals surface area (Å²) in [4.78, 5) is 16.2. The van der Waals surface area contributed by atoms with Crippen LogP contribution in [-0.2, 0) is 17.4 Å². The van der Waals surface area contributed by atoms with Gasteiger partial charge in [0.1, 0.15) is 0 Å². The summed E-state index contributed by atoms with van der Waals surface area (Å²) in [7, 11) is 0. The predicted molar refractivity (Wildman–Crippen MR) is 97.9 cm³/mol. The third kappa shape index (κ3) is 4.69. The zero-order valence-electron chi connectivity index (χ0n) is 14.7. The van der Waals surface area contributed by atoms with Crippen molar-refractivity contribution in [2.24, 2.45) is 0 Å². The number of benzene rings is 2. The van der Waals surface area contributed by atoms with Crippen molar-refractivity contribution in [3.05, 3.63) is 64.5 Å². The van der Waals surface area contributed by atoms with E-state index in [9.17, 15) is 18.0 Å². The van der Waals surface area contributed by atoms with Crippen molar-refractivity contribution in [3.63, 3.8) is 0 Å². The Labute approximate surface area is 163 Å². The number of hydrogen-bond acceptors (Lipinski definition) is 4. The van der Waals surface area contributed by atoms with Crippen molar-refractivity contribution in [3.8, 4) is 11.4 Å². The lowest BCUT2D eigenvalue weighted by Crippen LogP contribution is -2.13. The van der Waals surface area contributed by atoms with Crippen molar-refractivity contribution in [2.45, 2.75) is 25.9 Å². The Morgan fingerprint density at radius 1 is 1.21 bits per heavy atom. The highest BCUT2D eigenvalue weighted by molar-refractivity contribution is 6.31. The molecule has 0 unspecified atom stereocenters. The van der Waals surface area contributed by atoms with Gasteiger partial charge in [-0.05, 0) is 36.8 Å². The maximum atomic E-state index is 12.8. The van der Waals surface area contributed by atoms with Crippen LogP contribution in [0, 0.1) is 6.92 Å². The monoisotopic (exact) mass is 409 g/mol. The van der Waals surface area contributed by atoms with Crippen molar-refractivity contribution in [1.29, 1.82) is 0 Å². The second-order valence-electron chi connectivity index (χ2n) is 6.05. The lowest BCUT2D eigenvalue weighted by Gasteiger charge is -2.08. The molecule has 0 saturated carbocycles. The van der Waals surface area contributed by atoms with E-state index in [0.29, 0.717) is 10.7 Å². The summed E-state index contributed by atoms with van der Waals surface area (Å²) >= 11 is 6.02. The third-order valence-electron chi connectivity index (χ3n) is 4.02. The van der Waals surface area contributed by atoms with Crippen LogP contribution < -0.4 is 5.32 Å². The Morgan fingerprint density at radius 2 is 1.96 bits per heavy atom. The highest BCUT2D eigenvalue weighted by Crippen LogP contribution is 2.31. The molecule has 3 rings (SSSR count). The molecule has 0 radical (unpaired) electrons. The van der Waals surface area contributed by atoms with E-state index in [1.54, 1.807) is 25.1 Å². The quantitative estimate of drug-likeness (QED) is 0.621. The number of amides is 1. The second-order valence-corrected chi connectivity index (χ2v) is 6.46. The lowest BCUT2D eigenvalue weighted by molar-refractivity contribution is -0.137. The second kappa shape index (κ2) is 8.02. The molecule has 1 amide bonds. The molecule has 0 fully saturated rings. The molecule has 2 aromatic carbocycles. The fraction of sp³-hybridized carbons (Fsp3) is 0.211. The van der Waals surface area contributed by atoms with E-state index in [-0.39, 0.29) is 36.0 Å². The highest BCUT2D eigenvalue weighted by atomic mass is 35.5. The molecule has 1 N–H and O–H groups in total. The fourth-order valence-electron chi connectivity index (χ4n) is 2.48. The van der Waals surface area contributed by atoms with E-state index in [4.69, 9.17) is 16.1 Å². The van der Waals surface area contributed by atoms with Crippen molar-refractivity contribution in [2.75, 3.05) is 5.32 Å². The largest absolute Gasteiger partial charge is 0.416 e. The van der Waals surface area contributed by atoms with Gasteiger partial charge >= 0.3 is 6.18 Å². The van der Waals surface area contributed by atoms with Crippen LogP contribution in [0.1, 0.15) is 23.4 Å². The molecule has 0 spiro atoms. The predicted octanol–water partition coefficient (Wildman–Crippen LogP) is 5.29. The molecule has 1 heterocycles. The zero-order chi connectivity index (χ0) is 20.3. The Bertz CT molecular complexity index is 1000. The maximum absolute atomic E-state index is 12.8. The standard InChI is InChI=1S/C19H15ClF3N3O2/c1-11-14(20)6-3-7-15(11)24-16(27)8-9-17-25-18(26-28-17)12-4-2-5-13(10-12)19(21,22)23/h2-7,10H,8-9H2,1H3,(H,24,27). The van der Waals surface area contributed by atoms with Gasteiger partial charge in [0.05, 0.1) is 5.56 Å². The highest BCUT2D eigenvalue weighted by Gasteiger charge is 2.30. The summed E-state index contributed by atoms with van der Waals surface area (Å²) in [5, 5.41) is 6.98. The first kappa shape index (κ1) is 19.9. The molecule has 0 bridgehead atoms. The number of carbonyl (C=O) groups excluding carboxylic acids is 1. The average Bonchev–Trinajstić information content (AvgIpc) is 3.12. The summed E-state index contributed by atoms with van der Waals surface area (Å²) in [6.45, 7) is 1.79. The number of nitrogens with zero attached hydrogens (tertiary/aromatic N) is 2. The maximum Gasteiger partial charge on any atom is 0.416 e. The van der Waals surface area contributed by atoms with Crippen molar-refractivity contribution >= 4 is 23.2 Å². The van der Waals surface area contributed by atoms with Gasteiger partial charge in [-0.3, -0.25) is 4.79 Å². The number of anilines is 1. The fourth-order valence-corrected chi connectivity index (χ4v) is 2.66. The van der Waals surface area contributed by atoms with E-state index in [1.165, 1.54) is 12.1 Å². The van der Waals surface area contributed by atoms with Gasteiger partial charge in [-0.1, -0.05) is 35.0 Å². The van der Waals surface area contributed by atoms with E-state index in [0.717, 1.165) is 17.7 Å². The van der Waals surface area contributed by atoms with Gasteiger partial charge in [-0.25, -0.2) is 0 Å². The average molecular weight is 410 g/mol. The molecular weight excluding hydrogens is 395 g/mol. The van der Waals surface area contributed by atoms with Crippen LogP contribution in [0.15, 0.2) is 47.0 Å². The molecule has 0 aliphatic heterocycles. The molecule has 5 nitrogen and oxygen atoms in total. The summed E-state index contributed by atoms with van der Waals surface area (Å²) in [5.41, 5.74) is 0.742. The molecule has 0 aliphatic rings. The van der Waals surface area contributed by atoms with E-state index in [2.05, 4.69) is 15.5 Å². The minimum absolute atomic E-state index is 0.0344. The van der Waals surface area contributed by atoms with Crippen LogP contribution in [-0.4, -0.2) is 16.0 Å². The molecule has 146 valence electrons. The number of alkyl halides is 3. The molecule has 1 aromatic heterocycles. The van der Waals surface area contributed by atoms with E-state index in [1.807, 2.05) is 0 Å². The van der Waals surface area contributed by atoms with Gasteiger partial charge in [0.2, 0.25) is 17.6 Å². The van der Waals surface area contributed by atoms with Crippen LogP contribution in [0.5, 0.6) is 0 Å². The summed E-state index contributed by atoms with van der Waals surface area (Å²) in [6.07, 6.45) is -4.24. The topological polar surface area (TPSA) is 68.0 Å². The molecular formula is C19H15ClF3N3O2. The van der Waals surface area contributed by atoms with Crippen LogP contribution in [0.2, 0.25) is 5.02 Å². The number of aromatic nitrogens is 2. The van der Waals surface area contributed by atoms with Crippen LogP contribution in [0.25, 0.3) is 11.4 Å². The third-order valence-corrected chi connectivity index (χ3v) is 4.43. The van der Waals surface area contributed by atoms with E-state index >= 15 is 0 Å². The summed E-state index contributed by atoms with van der Waals surface area (Å²) in [5.74, 6) is -0.0817. The van der Waals surface area contributed by atoms with Crippen molar-refractivity contribution < 1.29 is 22.5 Å². The SMILES string of the molecule is Cc1c(Cl)cccc1NC(=O)CCc1nc(-c2cccc(C(F)(F)F)c2)no1. The Kier molecular flexibility index (Phi) is 5.69. The minimum atomic E-state index is -4.46. The molecule has 28 heavy (non-hydrogen) atoms. The Balaban J connectivity index is 1.64. The number of nitrogens with one attached hydrogen (secondary N) is 1. The van der Waals surface area contributed by atoms with Crippen LogP contribution in [0.4, 0.5) is 18.9 Å². The first-order valence-electron chi connectivity index (χ1n) is 8.29. The molecule has 0 aliphatic carbocycles. The van der Waals surface area contributed by atoms with Crippen molar-refractivity contribution in [1.82, 2.24) is 10.1 Å². The van der Waals surface area contributed by atoms with Gasteiger partial charge in [0, 0.05) is 29.1 Å². The molecule has 0 saturated heterocycles. The lowest BCUT2D eigenvalue weighted by atomic mass is 10.1. The first-order valence-corrected chi connectivity index (χ1v) is 8.67.